The third kappa shape index (κ3) is 2.14. The Kier molecular flexibility index (Phi) is 3.35. The normalized spacial score (nSPS) is 13.3. The van der Waals surface area contributed by atoms with E-state index in [0.717, 1.165) is 15.9 Å². The zero-order valence-electron chi connectivity index (χ0n) is 10.0. The number of aromatic nitrogens is 4. The molecular formula is C11H15BrN4O. The summed E-state index contributed by atoms with van der Waals surface area (Å²) >= 11 is 3.42. The molecule has 0 bridgehead atoms. The number of aliphatic hydroxyl groups is 1. The van der Waals surface area contributed by atoms with Crippen molar-refractivity contribution < 1.29 is 5.11 Å². The van der Waals surface area contributed by atoms with E-state index in [4.69, 9.17) is 0 Å². The molecule has 0 saturated carbocycles. The molecule has 0 spiro atoms. The predicted octanol–water partition coefficient (Wildman–Crippen LogP) is 2.04. The number of halogens is 1. The van der Waals surface area contributed by atoms with Gasteiger partial charge in [0.1, 0.15) is 6.10 Å². The van der Waals surface area contributed by atoms with Crippen molar-refractivity contribution in [3.8, 4) is 0 Å². The lowest BCUT2D eigenvalue weighted by molar-refractivity contribution is 0.196. The topological polar surface area (TPSA) is 55.9 Å². The Balaban J connectivity index is 2.47. The summed E-state index contributed by atoms with van der Waals surface area (Å²) in [6, 6.07) is 0.194. The zero-order valence-corrected chi connectivity index (χ0v) is 11.6. The minimum absolute atomic E-state index is 0.194. The third-order valence-electron chi connectivity index (χ3n) is 2.67. The SMILES string of the molecule is CC(C)n1ncc(Br)c1C(O)c1cncn1C. The smallest absolute Gasteiger partial charge is 0.138 e. The largest absolute Gasteiger partial charge is 0.380 e. The van der Waals surface area contributed by atoms with Gasteiger partial charge < -0.3 is 9.67 Å². The zero-order chi connectivity index (χ0) is 12.6. The second-order valence-electron chi connectivity index (χ2n) is 4.25. The molecule has 0 radical (unpaired) electrons. The van der Waals surface area contributed by atoms with Gasteiger partial charge in [0.05, 0.1) is 34.6 Å². The summed E-state index contributed by atoms with van der Waals surface area (Å²) in [5.41, 5.74) is 1.50. The van der Waals surface area contributed by atoms with Crippen LogP contribution in [0.5, 0.6) is 0 Å². The Labute approximate surface area is 108 Å². The van der Waals surface area contributed by atoms with Crippen LogP contribution < -0.4 is 0 Å². The number of imidazole rings is 1. The van der Waals surface area contributed by atoms with Crippen molar-refractivity contribution in [3.63, 3.8) is 0 Å². The summed E-state index contributed by atoms with van der Waals surface area (Å²) in [5.74, 6) is 0. The number of aliphatic hydroxyl groups excluding tert-OH is 1. The molecule has 1 N–H and O–H groups in total. The van der Waals surface area contributed by atoms with E-state index in [1.807, 2.05) is 25.6 Å². The first-order chi connectivity index (χ1) is 8.02. The van der Waals surface area contributed by atoms with E-state index in [2.05, 4.69) is 26.0 Å². The fourth-order valence-corrected chi connectivity index (χ4v) is 2.28. The molecule has 2 heterocycles. The van der Waals surface area contributed by atoms with Crippen molar-refractivity contribution in [2.45, 2.75) is 26.0 Å². The second-order valence-corrected chi connectivity index (χ2v) is 5.10. The van der Waals surface area contributed by atoms with Gasteiger partial charge in [0, 0.05) is 13.1 Å². The molecule has 17 heavy (non-hydrogen) atoms. The van der Waals surface area contributed by atoms with Crippen LogP contribution in [0.15, 0.2) is 23.2 Å². The molecule has 0 aliphatic heterocycles. The minimum atomic E-state index is -0.734. The summed E-state index contributed by atoms with van der Waals surface area (Å²) in [6.45, 7) is 4.05. The van der Waals surface area contributed by atoms with Gasteiger partial charge in [0.2, 0.25) is 0 Å². The van der Waals surface area contributed by atoms with Gasteiger partial charge in [-0.25, -0.2) is 4.98 Å². The molecule has 1 unspecified atom stereocenters. The Morgan fingerprint density at radius 2 is 2.06 bits per heavy atom. The van der Waals surface area contributed by atoms with E-state index in [9.17, 15) is 5.11 Å². The van der Waals surface area contributed by atoms with Crippen molar-refractivity contribution in [2.75, 3.05) is 0 Å². The van der Waals surface area contributed by atoms with Crippen molar-refractivity contribution in [3.05, 3.63) is 34.6 Å². The quantitative estimate of drug-likeness (QED) is 0.943. The fraction of sp³-hybridized carbons (Fsp3) is 0.455. The van der Waals surface area contributed by atoms with Crippen molar-refractivity contribution in [2.24, 2.45) is 7.05 Å². The lowest BCUT2D eigenvalue weighted by Gasteiger charge is -2.16. The van der Waals surface area contributed by atoms with Crippen LogP contribution in [0.2, 0.25) is 0 Å². The van der Waals surface area contributed by atoms with E-state index in [1.54, 1.807) is 23.3 Å². The van der Waals surface area contributed by atoms with Crippen molar-refractivity contribution in [1.82, 2.24) is 19.3 Å². The number of aryl methyl sites for hydroxylation is 1. The van der Waals surface area contributed by atoms with E-state index in [0.29, 0.717) is 0 Å². The van der Waals surface area contributed by atoms with Crippen LogP contribution in [0, 0.1) is 0 Å². The van der Waals surface area contributed by atoms with Crippen LogP contribution in [-0.4, -0.2) is 24.4 Å². The number of hydrogen-bond acceptors (Lipinski definition) is 3. The van der Waals surface area contributed by atoms with Gasteiger partial charge in [0.15, 0.2) is 0 Å². The highest BCUT2D eigenvalue weighted by molar-refractivity contribution is 9.10. The van der Waals surface area contributed by atoms with Crippen LogP contribution in [-0.2, 0) is 7.05 Å². The molecule has 0 aliphatic carbocycles. The molecule has 0 saturated heterocycles. The number of hydrogen-bond donors (Lipinski definition) is 1. The average Bonchev–Trinajstić information content (AvgIpc) is 2.83. The molecule has 0 amide bonds. The number of rotatable bonds is 3. The van der Waals surface area contributed by atoms with Crippen molar-refractivity contribution in [1.29, 1.82) is 0 Å². The Morgan fingerprint density at radius 1 is 1.35 bits per heavy atom. The second kappa shape index (κ2) is 4.62. The third-order valence-corrected chi connectivity index (χ3v) is 3.28. The monoisotopic (exact) mass is 298 g/mol. The van der Waals surface area contributed by atoms with E-state index in [-0.39, 0.29) is 6.04 Å². The van der Waals surface area contributed by atoms with Crippen LogP contribution >= 0.6 is 15.9 Å². The van der Waals surface area contributed by atoms with Gasteiger partial charge in [-0.3, -0.25) is 4.68 Å². The summed E-state index contributed by atoms with van der Waals surface area (Å²) in [7, 11) is 1.86. The van der Waals surface area contributed by atoms with Gasteiger partial charge >= 0.3 is 0 Å². The average molecular weight is 299 g/mol. The van der Waals surface area contributed by atoms with Crippen LogP contribution in [0.1, 0.15) is 37.4 Å². The van der Waals surface area contributed by atoms with Crippen molar-refractivity contribution >= 4 is 15.9 Å². The molecule has 1 atom stereocenters. The minimum Gasteiger partial charge on any atom is -0.380 e. The molecule has 6 heteroatoms. The highest BCUT2D eigenvalue weighted by Crippen LogP contribution is 2.29. The fourth-order valence-electron chi connectivity index (χ4n) is 1.79. The lowest BCUT2D eigenvalue weighted by atomic mass is 10.2. The van der Waals surface area contributed by atoms with Gasteiger partial charge in [-0.15, -0.1) is 0 Å². The highest BCUT2D eigenvalue weighted by atomic mass is 79.9. The van der Waals surface area contributed by atoms with E-state index in [1.165, 1.54) is 0 Å². The van der Waals surface area contributed by atoms with Gasteiger partial charge in [-0.1, -0.05) is 0 Å². The summed E-state index contributed by atoms with van der Waals surface area (Å²) < 4.78 is 4.41. The maximum atomic E-state index is 10.4. The van der Waals surface area contributed by atoms with Crippen LogP contribution in [0.25, 0.3) is 0 Å². The summed E-state index contributed by atoms with van der Waals surface area (Å²) in [6.07, 6.45) is 4.30. The Bertz CT molecular complexity index is 517. The van der Waals surface area contributed by atoms with E-state index < -0.39 is 6.10 Å². The van der Waals surface area contributed by atoms with Crippen LogP contribution in [0.3, 0.4) is 0 Å². The first kappa shape index (κ1) is 12.3. The maximum absolute atomic E-state index is 10.4. The molecular weight excluding hydrogens is 284 g/mol. The van der Waals surface area contributed by atoms with Gasteiger partial charge in [0.25, 0.3) is 0 Å². The maximum Gasteiger partial charge on any atom is 0.138 e. The molecule has 2 aromatic heterocycles. The molecule has 0 aromatic carbocycles. The lowest BCUT2D eigenvalue weighted by Crippen LogP contribution is -2.14. The number of nitrogens with zero attached hydrogens (tertiary/aromatic N) is 4. The predicted molar refractivity (Wildman–Crippen MR) is 67.6 cm³/mol. The van der Waals surface area contributed by atoms with Gasteiger partial charge in [-0.05, 0) is 29.8 Å². The van der Waals surface area contributed by atoms with Crippen LogP contribution in [0.4, 0.5) is 0 Å². The Hall–Kier alpha value is -1.14. The molecule has 0 aliphatic rings. The standard InChI is InChI=1S/C11H15BrN4O/c1-7(2)16-10(8(12)4-14-16)11(17)9-5-13-6-15(9)3/h4-7,11,17H,1-3H3. The first-order valence-corrected chi connectivity index (χ1v) is 6.19. The first-order valence-electron chi connectivity index (χ1n) is 5.39. The summed E-state index contributed by atoms with van der Waals surface area (Å²) in [5, 5.41) is 14.7. The molecule has 2 rings (SSSR count). The van der Waals surface area contributed by atoms with E-state index >= 15 is 0 Å². The summed E-state index contributed by atoms with van der Waals surface area (Å²) in [4.78, 5) is 4.01. The molecule has 5 nitrogen and oxygen atoms in total. The molecule has 92 valence electrons. The van der Waals surface area contributed by atoms with Gasteiger partial charge in [-0.2, -0.15) is 5.10 Å². The highest BCUT2D eigenvalue weighted by Gasteiger charge is 2.22. The molecule has 0 fully saturated rings. The molecule has 2 aromatic rings. The Morgan fingerprint density at radius 3 is 2.59 bits per heavy atom.